The Morgan fingerprint density at radius 2 is 2.05 bits per heavy atom. The third-order valence-corrected chi connectivity index (χ3v) is 3.18. The molecule has 0 fully saturated rings. The number of benzene rings is 1. The highest BCUT2D eigenvalue weighted by Gasteiger charge is 2.17. The van der Waals surface area contributed by atoms with Crippen molar-refractivity contribution >= 4 is 41.5 Å². The number of hydrogen-bond acceptors (Lipinski definition) is 3. The van der Waals surface area contributed by atoms with E-state index in [0.717, 1.165) is 6.42 Å². The molecule has 0 aliphatic rings. The molecule has 9 heteroatoms. The van der Waals surface area contributed by atoms with E-state index in [2.05, 4.69) is 10.1 Å². The van der Waals surface area contributed by atoms with Crippen LogP contribution in [0.25, 0.3) is 0 Å². The van der Waals surface area contributed by atoms with E-state index in [1.165, 1.54) is 12.1 Å². The maximum absolute atomic E-state index is 12.4. The highest BCUT2D eigenvalue weighted by Crippen LogP contribution is 2.33. The third-order valence-electron chi connectivity index (χ3n) is 2.68. The van der Waals surface area contributed by atoms with Crippen molar-refractivity contribution in [1.29, 1.82) is 0 Å². The highest BCUT2D eigenvalue weighted by atomic mass is 35.5. The molecule has 0 radical (unpaired) electrons. The van der Waals surface area contributed by atoms with Crippen LogP contribution in [0.2, 0.25) is 10.0 Å². The van der Waals surface area contributed by atoms with E-state index in [1.807, 2.05) is 6.92 Å². The Kier molecular flexibility index (Phi) is 9.67. The average Bonchev–Trinajstić information content (AvgIpc) is 2.39. The zero-order chi connectivity index (χ0) is 16.0. The minimum Gasteiger partial charge on any atom is -0.433 e. The second-order valence-corrected chi connectivity index (χ2v) is 5.21. The zero-order valence-corrected chi connectivity index (χ0v) is 14.1. The highest BCUT2D eigenvalue weighted by molar-refractivity contribution is 6.35. The van der Waals surface area contributed by atoms with Gasteiger partial charge in [0.1, 0.15) is 5.75 Å². The maximum atomic E-state index is 12.4. The normalized spacial score (nSPS) is 11.8. The summed E-state index contributed by atoms with van der Waals surface area (Å²) < 4.78 is 29.1. The molecule has 1 unspecified atom stereocenters. The number of rotatable bonds is 7. The predicted octanol–water partition coefficient (Wildman–Crippen LogP) is 3.76. The zero-order valence-electron chi connectivity index (χ0n) is 11.7. The van der Waals surface area contributed by atoms with Crippen molar-refractivity contribution in [1.82, 2.24) is 5.32 Å². The van der Waals surface area contributed by atoms with Gasteiger partial charge >= 0.3 is 6.61 Å². The number of nitrogens with one attached hydrogen (secondary N) is 1. The molecule has 126 valence electrons. The van der Waals surface area contributed by atoms with Crippen LogP contribution >= 0.6 is 35.6 Å². The van der Waals surface area contributed by atoms with E-state index in [-0.39, 0.29) is 46.2 Å². The number of hydrogen-bond donors (Lipinski definition) is 2. The lowest BCUT2D eigenvalue weighted by Crippen LogP contribution is -2.40. The minimum atomic E-state index is -3.03. The Hall–Kier alpha value is -0.820. The smallest absolute Gasteiger partial charge is 0.387 e. The molecular weight excluding hydrogens is 361 g/mol. The molecule has 4 nitrogen and oxygen atoms in total. The number of halogens is 5. The second kappa shape index (κ2) is 10.0. The average molecular weight is 378 g/mol. The molecule has 0 saturated carbocycles. The Morgan fingerprint density at radius 1 is 1.41 bits per heavy atom. The van der Waals surface area contributed by atoms with Gasteiger partial charge in [-0.1, -0.05) is 36.5 Å². The lowest BCUT2D eigenvalue weighted by atomic mass is 10.1. The monoisotopic (exact) mass is 376 g/mol. The second-order valence-electron chi connectivity index (χ2n) is 4.37. The van der Waals surface area contributed by atoms with Crippen molar-refractivity contribution < 1.29 is 18.3 Å². The predicted molar refractivity (Wildman–Crippen MR) is 85.1 cm³/mol. The van der Waals surface area contributed by atoms with E-state index >= 15 is 0 Å². The fourth-order valence-corrected chi connectivity index (χ4v) is 2.30. The summed E-state index contributed by atoms with van der Waals surface area (Å²) in [7, 11) is 0. The molecule has 22 heavy (non-hydrogen) atoms. The minimum absolute atomic E-state index is 0. The molecule has 0 aliphatic heterocycles. The summed E-state index contributed by atoms with van der Waals surface area (Å²) in [6.07, 6.45) is 1.29. The maximum Gasteiger partial charge on any atom is 0.387 e. The standard InChI is InChI=1S/C13H16Cl2F2N2O2.ClH/c1-2-3-10(18)12(20)19-6-7-4-8(14)5-9(15)11(7)21-13(16)17;/h4-5,10,13H,2-3,6,18H2,1H3,(H,19,20);1H. The summed E-state index contributed by atoms with van der Waals surface area (Å²) in [6.45, 7) is -1.18. The van der Waals surface area contributed by atoms with Gasteiger partial charge in [0.2, 0.25) is 5.91 Å². The van der Waals surface area contributed by atoms with Crippen molar-refractivity contribution in [3.8, 4) is 5.75 Å². The third kappa shape index (κ3) is 6.52. The van der Waals surface area contributed by atoms with Crippen LogP contribution in [0.1, 0.15) is 25.3 Å². The number of carbonyl (C=O) groups excluding carboxylic acids is 1. The summed E-state index contributed by atoms with van der Waals surface area (Å²) >= 11 is 11.6. The molecule has 1 rings (SSSR count). The first kappa shape index (κ1) is 21.2. The van der Waals surface area contributed by atoms with Crippen LogP contribution in [-0.2, 0) is 11.3 Å². The van der Waals surface area contributed by atoms with Gasteiger partial charge in [-0.15, -0.1) is 12.4 Å². The largest absolute Gasteiger partial charge is 0.433 e. The Labute approximate surface area is 143 Å². The van der Waals surface area contributed by atoms with Gasteiger partial charge in [0.25, 0.3) is 0 Å². The van der Waals surface area contributed by atoms with E-state index < -0.39 is 12.7 Å². The molecule has 0 heterocycles. The van der Waals surface area contributed by atoms with Crippen LogP contribution < -0.4 is 15.8 Å². The van der Waals surface area contributed by atoms with Crippen LogP contribution in [0, 0.1) is 0 Å². The van der Waals surface area contributed by atoms with Crippen molar-refractivity contribution in [2.24, 2.45) is 5.73 Å². The summed E-state index contributed by atoms with van der Waals surface area (Å²) in [5.74, 6) is -0.587. The lowest BCUT2D eigenvalue weighted by molar-refractivity contribution is -0.122. The van der Waals surface area contributed by atoms with Crippen LogP contribution in [0.4, 0.5) is 8.78 Å². The van der Waals surface area contributed by atoms with Crippen molar-refractivity contribution in [3.63, 3.8) is 0 Å². The van der Waals surface area contributed by atoms with Gasteiger partial charge in [-0.2, -0.15) is 8.78 Å². The molecule has 0 aromatic heterocycles. The Morgan fingerprint density at radius 3 is 2.59 bits per heavy atom. The van der Waals surface area contributed by atoms with Gasteiger partial charge < -0.3 is 15.8 Å². The first-order chi connectivity index (χ1) is 9.85. The molecular formula is C13H17Cl3F2N2O2. The van der Waals surface area contributed by atoms with E-state index in [4.69, 9.17) is 28.9 Å². The molecule has 3 N–H and O–H groups in total. The van der Waals surface area contributed by atoms with Gasteiger partial charge in [-0.25, -0.2) is 0 Å². The van der Waals surface area contributed by atoms with Gasteiger partial charge in [-0.05, 0) is 18.6 Å². The molecule has 0 aliphatic carbocycles. The Bertz CT molecular complexity index is 504. The molecule has 0 saturated heterocycles. The summed E-state index contributed by atoms with van der Waals surface area (Å²) in [5.41, 5.74) is 5.91. The van der Waals surface area contributed by atoms with E-state index in [9.17, 15) is 13.6 Å². The molecule has 0 bridgehead atoms. The lowest BCUT2D eigenvalue weighted by Gasteiger charge is -2.15. The summed E-state index contributed by atoms with van der Waals surface area (Å²) in [6, 6.07) is 2.04. The van der Waals surface area contributed by atoms with Gasteiger partial charge in [0, 0.05) is 17.1 Å². The molecule has 1 aromatic carbocycles. The molecule has 1 atom stereocenters. The van der Waals surface area contributed by atoms with E-state index in [1.54, 1.807) is 0 Å². The molecule has 1 aromatic rings. The fraction of sp³-hybridized carbons (Fsp3) is 0.462. The number of nitrogens with two attached hydrogens (primary N) is 1. The number of alkyl halides is 2. The quantitative estimate of drug-likeness (QED) is 0.760. The number of carbonyl (C=O) groups is 1. The molecule has 0 spiro atoms. The SMILES string of the molecule is CCCC(N)C(=O)NCc1cc(Cl)cc(Cl)c1OC(F)F.Cl. The van der Waals surface area contributed by atoms with Crippen molar-refractivity contribution in [2.75, 3.05) is 0 Å². The first-order valence-corrected chi connectivity index (χ1v) is 7.06. The van der Waals surface area contributed by atoms with Crippen LogP contribution in [-0.4, -0.2) is 18.6 Å². The van der Waals surface area contributed by atoms with Crippen molar-refractivity contribution in [2.45, 2.75) is 39.0 Å². The van der Waals surface area contributed by atoms with Crippen molar-refractivity contribution in [3.05, 3.63) is 27.7 Å². The molecule has 1 amide bonds. The summed E-state index contributed by atoms with van der Waals surface area (Å²) in [4.78, 5) is 11.7. The topological polar surface area (TPSA) is 64.4 Å². The number of amides is 1. The van der Waals surface area contributed by atoms with E-state index in [0.29, 0.717) is 6.42 Å². The first-order valence-electron chi connectivity index (χ1n) is 6.31. The Balaban J connectivity index is 0.00000441. The van der Waals surface area contributed by atoms with Crippen LogP contribution in [0.15, 0.2) is 12.1 Å². The van der Waals surface area contributed by atoms with Crippen LogP contribution in [0.3, 0.4) is 0 Å². The van der Waals surface area contributed by atoms with Crippen LogP contribution in [0.5, 0.6) is 5.75 Å². The van der Waals surface area contributed by atoms with Gasteiger partial charge in [0.05, 0.1) is 11.1 Å². The fourth-order valence-electron chi connectivity index (χ4n) is 1.72. The van der Waals surface area contributed by atoms with Gasteiger partial charge in [-0.3, -0.25) is 4.79 Å². The van der Waals surface area contributed by atoms with Gasteiger partial charge in [0.15, 0.2) is 0 Å². The number of ether oxygens (including phenoxy) is 1. The summed E-state index contributed by atoms with van der Waals surface area (Å²) in [5, 5.41) is 2.75.